The summed E-state index contributed by atoms with van der Waals surface area (Å²) in [6.07, 6.45) is 0. The van der Waals surface area contributed by atoms with Crippen molar-refractivity contribution in [1.29, 1.82) is 0 Å². The number of methoxy groups -OCH3 is 1. The van der Waals surface area contributed by atoms with Crippen molar-refractivity contribution in [3.63, 3.8) is 0 Å². The highest BCUT2D eigenvalue weighted by Gasteiger charge is 2.41. The largest absolute Gasteiger partial charge is 0.464 e. The first-order chi connectivity index (χ1) is 9.25. The van der Waals surface area contributed by atoms with Gasteiger partial charge < -0.3 is 9.64 Å². The minimum Gasteiger partial charge on any atom is -0.464 e. The first-order valence-corrected chi connectivity index (χ1v) is 7.14. The SMILES string of the molecule is COC(=O)c1n[nH]c(C2CN(C(=O)C(C)(C)F)C2)c1I. The Morgan fingerprint density at radius 2 is 2.10 bits per heavy atom. The van der Waals surface area contributed by atoms with E-state index < -0.39 is 17.5 Å². The van der Waals surface area contributed by atoms with Gasteiger partial charge in [-0.2, -0.15) is 5.10 Å². The van der Waals surface area contributed by atoms with Gasteiger partial charge in [-0.15, -0.1) is 0 Å². The van der Waals surface area contributed by atoms with Gasteiger partial charge in [-0.3, -0.25) is 9.89 Å². The van der Waals surface area contributed by atoms with Crippen LogP contribution in [0.15, 0.2) is 0 Å². The fourth-order valence-corrected chi connectivity index (χ4v) is 2.95. The Labute approximate surface area is 129 Å². The lowest BCUT2D eigenvalue weighted by atomic mass is 9.94. The molecule has 0 atom stereocenters. The molecule has 20 heavy (non-hydrogen) atoms. The number of carbonyl (C=O) groups excluding carboxylic acids is 2. The van der Waals surface area contributed by atoms with Crippen molar-refractivity contribution in [1.82, 2.24) is 15.1 Å². The number of hydrogen-bond acceptors (Lipinski definition) is 4. The molecule has 1 N–H and O–H groups in total. The van der Waals surface area contributed by atoms with Crippen LogP contribution in [0.3, 0.4) is 0 Å². The zero-order chi connectivity index (χ0) is 15.1. The van der Waals surface area contributed by atoms with Crippen LogP contribution in [0.5, 0.6) is 0 Å². The highest BCUT2D eigenvalue weighted by molar-refractivity contribution is 14.1. The highest BCUT2D eigenvalue weighted by Crippen LogP contribution is 2.32. The number of nitrogens with zero attached hydrogens (tertiary/aromatic N) is 2. The van der Waals surface area contributed by atoms with E-state index in [0.717, 1.165) is 5.69 Å². The molecule has 1 aromatic rings. The normalized spacial score (nSPS) is 15.9. The maximum atomic E-state index is 13.5. The number of H-pyrrole nitrogens is 1. The summed E-state index contributed by atoms with van der Waals surface area (Å²) in [5.41, 5.74) is -0.839. The first-order valence-electron chi connectivity index (χ1n) is 6.06. The summed E-state index contributed by atoms with van der Waals surface area (Å²) >= 11 is 2.02. The number of ether oxygens (including phenoxy) is 1. The molecule has 0 aromatic carbocycles. The van der Waals surface area contributed by atoms with Crippen LogP contribution >= 0.6 is 22.6 Å². The maximum Gasteiger partial charge on any atom is 0.359 e. The second kappa shape index (κ2) is 5.30. The van der Waals surface area contributed by atoms with Gasteiger partial charge in [0.25, 0.3) is 5.91 Å². The van der Waals surface area contributed by atoms with Crippen molar-refractivity contribution in [2.45, 2.75) is 25.4 Å². The van der Waals surface area contributed by atoms with E-state index in [2.05, 4.69) is 14.9 Å². The number of nitrogens with one attached hydrogen (secondary N) is 1. The van der Waals surface area contributed by atoms with E-state index in [1.807, 2.05) is 22.6 Å². The summed E-state index contributed by atoms with van der Waals surface area (Å²) in [6, 6.07) is 0. The number of esters is 1. The molecule has 1 aliphatic heterocycles. The minimum absolute atomic E-state index is 0.0408. The number of aromatic amines is 1. The van der Waals surface area contributed by atoms with Crippen LogP contribution in [-0.2, 0) is 9.53 Å². The standard InChI is InChI=1S/C12H15FIN3O3/c1-12(2,13)11(19)17-4-6(5-17)8-7(14)9(16-15-8)10(18)20-3/h6H,4-5H2,1-3H3,(H,15,16). The Bertz CT molecular complexity index is 547. The number of hydrogen-bond donors (Lipinski definition) is 1. The van der Waals surface area contributed by atoms with E-state index in [1.54, 1.807) is 0 Å². The van der Waals surface area contributed by atoms with Crippen LogP contribution in [0.25, 0.3) is 0 Å². The molecule has 1 amide bonds. The van der Waals surface area contributed by atoms with Crippen molar-refractivity contribution in [2.75, 3.05) is 20.2 Å². The second-order valence-electron chi connectivity index (χ2n) is 5.17. The molecular formula is C12H15FIN3O3. The average Bonchev–Trinajstić information content (AvgIpc) is 2.67. The number of amides is 1. The summed E-state index contributed by atoms with van der Waals surface area (Å²) in [5, 5.41) is 6.72. The van der Waals surface area contributed by atoms with Crippen LogP contribution < -0.4 is 0 Å². The number of aromatic nitrogens is 2. The average molecular weight is 395 g/mol. The summed E-state index contributed by atoms with van der Waals surface area (Å²) in [4.78, 5) is 24.6. The Kier molecular flexibility index (Phi) is 4.03. The summed E-state index contributed by atoms with van der Waals surface area (Å²) in [6.45, 7) is 3.34. The van der Waals surface area contributed by atoms with Crippen LogP contribution in [0.1, 0.15) is 35.9 Å². The molecule has 0 unspecified atom stereocenters. The number of halogens is 2. The zero-order valence-corrected chi connectivity index (χ0v) is 13.5. The van der Waals surface area contributed by atoms with E-state index in [-0.39, 0.29) is 11.6 Å². The van der Waals surface area contributed by atoms with Crippen molar-refractivity contribution >= 4 is 34.5 Å². The number of rotatable bonds is 3. The third-order valence-corrected chi connectivity index (χ3v) is 4.29. The summed E-state index contributed by atoms with van der Waals surface area (Å²) in [7, 11) is 1.29. The molecule has 2 rings (SSSR count). The molecule has 0 spiro atoms. The number of likely N-dealkylation sites (tertiary alicyclic amines) is 1. The van der Waals surface area contributed by atoms with Gasteiger partial charge in [-0.25, -0.2) is 9.18 Å². The number of carbonyl (C=O) groups is 2. The molecule has 0 bridgehead atoms. The van der Waals surface area contributed by atoms with Crippen molar-refractivity contribution < 1.29 is 18.7 Å². The lowest BCUT2D eigenvalue weighted by molar-refractivity contribution is -0.146. The Morgan fingerprint density at radius 3 is 2.60 bits per heavy atom. The topological polar surface area (TPSA) is 75.3 Å². The van der Waals surface area contributed by atoms with Gasteiger partial charge in [-0.1, -0.05) is 0 Å². The van der Waals surface area contributed by atoms with Gasteiger partial charge in [0.05, 0.1) is 16.4 Å². The Balaban J connectivity index is 2.05. The van der Waals surface area contributed by atoms with Crippen molar-refractivity contribution in [3.05, 3.63) is 15.0 Å². The Morgan fingerprint density at radius 1 is 1.50 bits per heavy atom. The van der Waals surface area contributed by atoms with Gasteiger partial charge >= 0.3 is 5.97 Å². The van der Waals surface area contributed by atoms with Crippen molar-refractivity contribution in [2.24, 2.45) is 0 Å². The molecule has 6 nitrogen and oxygen atoms in total. The molecule has 1 aromatic heterocycles. The van der Waals surface area contributed by atoms with Gasteiger partial charge in [0.15, 0.2) is 11.4 Å². The monoisotopic (exact) mass is 395 g/mol. The third kappa shape index (κ3) is 2.65. The predicted molar refractivity (Wildman–Crippen MR) is 77.2 cm³/mol. The van der Waals surface area contributed by atoms with Gasteiger partial charge in [0.1, 0.15) is 0 Å². The van der Waals surface area contributed by atoms with Crippen LogP contribution in [0, 0.1) is 3.57 Å². The predicted octanol–water partition coefficient (Wildman–Crippen LogP) is 1.47. The fraction of sp³-hybridized carbons (Fsp3) is 0.583. The quantitative estimate of drug-likeness (QED) is 0.622. The Hall–Kier alpha value is -1.19. The molecule has 0 radical (unpaired) electrons. The highest BCUT2D eigenvalue weighted by atomic mass is 127. The van der Waals surface area contributed by atoms with Gasteiger partial charge in [-0.05, 0) is 36.4 Å². The van der Waals surface area contributed by atoms with E-state index in [9.17, 15) is 14.0 Å². The maximum absolute atomic E-state index is 13.5. The van der Waals surface area contributed by atoms with Gasteiger partial charge in [0, 0.05) is 19.0 Å². The molecule has 2 heterocycles. The molecular weight excluding hydrogens is 380 g/mol. The molecule has 110 valence electrons. The van der Waals surface area contributed by atoms with E-state index in [1.165, 1.54) is 25.9 Å². The summed E-state index contributed by atoms with van der Waals surface area (Å²) in [5.74, 6) is -0.982. The van der Waals surface area contributed by atoms with E-state index in [4.69, 9.17) is 0 Å². The number of alkyl halides is 1. The summed E-state index contributed by atoms with van der Waals surface area (Å²) < 4.78 is 18.9. The molecule has 1 saturated heterocycles. The molecule has 1 aliphatic rings. The molecule has 0 saturated carbocycles. The molecule has 8 heteroatoms. The second-order valence-corrected chi connectivity index (χ2v) is 6.25. The van der Waals surface area contributed by atoms with E-state index >= 15 is 0 Å². The van der Waals surface area contributed by atoms with Crippen LogP contribution in [-0.4, -0.2) is 52.8 Å². The lowest BCUT2D eigenvalue weighted by Gasteiger charge is -2.40. The van der Waals surface area contributed by atoms with Crippen LogP contribution in [0.2, 0.25) is 0 Å². The third-order valence-electron chi connectivity index (χ3n) is 3.20. The first kappa shape index (κ1) is 15.2. The minimum atomic E-state index is -1.86. The zero-order valence-electron chi connectivity index (χ0n) is 11.4. The smallest absolute Gasteiger partial charge is 0.359 e. The van der Waals surface area contributed by atoms with E-state index in [0.29, 0.717) is 16.7 Å². The molecule has 1 fully saturated rings. The van der Waals surface area contributed by atoms with Crippen molar-refractivity contribution in [3.8, 4) is 0 Å². The fourth-order valence-electron chi connectivity index (χ4n) is 2.05. The van der Waals surface area contributed by atoms with Gasteiger partial charge in [0.2, 0.25) is 0 Å². The van der Waals surface area contributed by atoms with Crippen LogP contribution in [0.4, 0.5) is 4.39 Å². The molecule has 0 aliphatic carbocycles. The lowest BCUT2D eigenvalue weighted by Crippen LogP contribution is -2.54.